The van der Waals surface area contributed by atoms with E-state index in [1.807, 2.05) is 45.0 Å². The van der Waals surface area contributed by atoms with Crippen LogP contribution >= 0.6 is 0 Å². The van der Waals surface area contributed by atoms with Crippen LogP contribution < -0.4 is 16.4 Å². The Bertz CT molecular complexity index is 1110. The number of aryl methyl sites for hydroxylation is 1. The molecular formula is C21H26N6O2S. The first kappa shape index (κ1) is 21.5. The minimum absolute atomic E-state index is 0.245. The van der Waals surface area contributed by atoms with Crippen LogP contribution in [0, 0.1) is 6.92 Å². The molecular weight excluding hydrogens is 400 g/mol. The van der Waals surface area contributed by atoms with Crippen LogP contribution in [0.3, 0.4) is 0 Å². The third kappa shape index (κ3) is 4.69. The van der Waals surface area contributed by atoms with Gasteiger partial charge < -0.3 is 16.4 Å². The Morgan fingerprint density at radius 1 is 0.933 bits per heavy atom. The smallest absolute Gasteiger partial charge is 0.243 e. The van der Waals surface area contributed by atoms with E-state index in [2.05, 4.69) is 20.6 Å². The van der Waals surface area contributed by atoms with Crippen molar-refractivity contribution >= 4 is 38.7 Å². The lowest BCUT2D eigenvalue weighted by molar-refractivity contribution is 0.445. The number of sulfonamides is 1. The van der Waals surface area contributed by atoms with Gasteiger partial charge in [0, 0.05) is 24.5 Å². The van der Waals surface area contributed by atoms with Crippen LogP contribution in [0.1, 0.15) is 19.4 Å². The highest BCUT2D eigenvalue weighted by Crippen LogP contribution is 2.29. The number of hydrogen-bond acceptors (Lipinski definition) is 7. The molecule has 2 aromatic carbocycles. The van der Waals surface area contributed by atoms with Crippen molar-refractivity contribution in [1.82, 2.24) is 14.3 Å². The zero-order valence-electron chi connectivity index (χ0n) is 17.3. The van der Waals surface area contributed by atoms with Crippen LogP contribution in [0.15, 0.2) is 59.8 Å². The average molecular weight is 427 g/mol. The van der Waals surface area contributed by atoms with E-state index in [1.165, 1.54) is 10.6 Å². The summed E-state index contributed by atoms with van der Waals surface area (Å²) in [6.45, 7) is 6.49. The van der Waals surface area contributed by atoms with Gasteiger partial charge in [0.2, 0.25) is 10.0 Å². The van der Waals surface area contributed by atoms with Crippen molar-refractivity contribution in [3.05, 3.63) is 60.4 Å². The Morgan fingerprint density at radius 2 is 1.53 bits per heavy atom. The molecule has 158 valence electrons. The molecule has 0 bridgehead atoms. The lowest BCUT2D eigenvalue weighted by Crippen LogP contribution is -2.30. The van der Waals surface area contributed by atoms with Crippen molar-refractivity contribution in [2.24, 2.45) is 0 Å². The van der Waals surface area contributed by atoms with Gasteiger partial charge in [0.15, 0.2) is 11.6 Å². The minimum atomic E-state index is -3.50. The normalized spacial score (nSPS) is 11.5. The molecule has 3 rings (SSSR count). The fourth-order valence-corrected chi connectivity index (χ4v) is 4.47. The summed E-state index contributed by atoms with van der Waals surface area (Å²) in [6, 6.07) is 14.4. The third-order valence-electron chi connectivity index (χ3n) is 4.62. The maximum atomic E-state index is 12.6. The number of anilines is 5. The van der Waals surface area contributed by atoms with Gasteiger partial charge in [-0.05, 0) is 48.9 Å². The molecule has 1 heterocycles. The predicted octanol–water partition coefficient (Wildman–Crippen LogP) is 3.88. The van der Waals surface area contributed by atoms with Gasteiger partial charge in [-0.3, -0.25) is 0 Å². The SMILES string of the molecule is CCN(CC)S(=O)(=O)c1ccc(Nc2ncnc(Nc3cccc(C)c3)c2N)cc1. The van der Waals surface area contributed by atoms with Crippen LogP contribution in [-0.2, 0) is 10.0 Å². The first-order valence-corrected chi connectivity index (χ1v) is 11.1. The second kappa shape index (κ2) is 9.10. The van der Waals surface area contributed by atoms with E-state index in [0.29, 0.717) is 36.1 Å². The average Bonchev–Trinajstić information content (AvgIpc) is 2.72. The molecule has 0 spiro atoms. The maximum absolute atomic E-state index is 12.6. The number of nitrogens with two attached hydrogens (primary N) is 1. The Morgan fingerprint density at radius 3 is 2.10 bits per heavy atom. The zero-order chi connectivity index (χ0) is 21.7. The maximum Gasteiger partial charge on any atom is 0.243 e. The highest BCUT2D eigenvalue weighted by molar-refractivity contribution is 7.89. The Balaban J connectivity index is 1.80. The minimum Gasteiger partial charge on any atom is -0.393 e. The highest BCUT2D eigenvalue weighted by atomic mass is 32.2. The lowest BCUT2D eigenvalue weighted by atomic mass is 10.2. The van der Waals surface area contributed by atoms with Crippen molar-refractivity contribution in [2.45, 2.75) is 25.7 Å². The van der Waals surface area contributed by atoms with Crippen LogP contribution in [-0.4, -0.2) is 35.8 Å². The summed E-state index contributed by atoms with van der Waals surface area (Å²) >= 11 is 0. The molecule has 0 atom stereocenters. The number of nitrogens with one attached hydrogen (secondary N) is 2. The topological polar surface area (TPSA) is 113 Å². The Labute approximate surface area is 177 Å². The summed E-state index contributed by atoms with van der Waals surface area (Å²) in [4.78, 5) is 8.67. The molecule has 0 radical (unpaired) electrons. The quantitative estimate of drug-likeness (QED) is 0.501. The van der Waals surface area contributed by atoms with E-state index in [-0.39, 0.29) is 4.90 Å². The van der Waals surface area contributed by atoms with Crippen LogP contribution in [0.4, 0.5) is 28.7 Å². The number of benzene rings is 2. The Hall–Kier alpha value is -3.17. The molecule has 0 saturated heterocycles. The van der Waals surface area contributed by atoms with Gasteiger partial charge in [-0.15, -0.1) is 0 Å². The molecule has 1 aromatic heterocycles. The second-order valence-electron chi connectivity index (χ2n) is 6.72. The second-order valence-corrected chi connectivity index (χ2v) is 8.66. The van der Waals surface area contributed by atoms with Crippen molar-refractivity contribution in [1.29, 1.82) is 0 Å². The van der Waals surface area contributed by atoms with E-state index in [1.54, 1.807) is 24.3 Å². The van der Waals surface area contributed by atoms with E-state index in [9.17, 15) is 8.42 Å². The van der Waals surface area contributed by atoms with Gasteiger partial charge in [-0.2, -0.15) is 4.31 Å². The summed E-state index contributed by atoms with van der Waals surface area (Å²) in [5.74, 6) is 0.915. The summed E-state index contributed by atoms with van der Waals surface area (Å²) in [5, 5.41) is 6.31. The van der Waals surface area contributed by atoms with Crippen molar-refractivity contribution in [3.63, 3.8) is 0 Å². The fraction of sp³-hybridized carbons (Fsp3) is 0.238. The van der Waals surface area contributed by atoms with E-state index >= 15 is 0 Å². The summed E-state index contributed by atoms with van der Waals surface area (Å²) < 4.78 is 26.7. The number of nitrogen functional groups attached to an aromatic ring is 1. The number of hydrogen-bond donors (Lipinski definition) is 3. The highest BCUT2D eigenvalue weighted by Gasteiger charge is 2.21. The Kier molecular flexibility index (Phi) is 6.53. The van der Waals surface area contributed by atoms with E-state index in [0.717, 1.165) is 11.3 Å². The predicted molar refractivity (Wildman–Crippen MR) is 121 cm³/mol. The summed E-state index contributed by atoms with van der Waals surface area (Å²) in [6.07, 6.45) is 1.41. The molecule has 4 N–H and O–H groups in total. The van der Waals surface area contributed by atoms with E-state index < -0.39 is 10.0 Å². The van der Waals surface area contributed by atoms with Crippen LogP contribution in [0.5, 0.6) is 0 Å². The first-order valence-electron chi connectivity index (χ1n) is 9.66. The standard InChI is InChI=1S/C21H26N6O2S/c1-4-27(5-2)30(28,29)18-11-9-16(10-12-18)25-20-19(22)21(24-14-23-20)26-17-8-6-7-15(3)13-17/h6-14H,4-5,22H2,1-3H3,(H2,23,24,25,26). The molecule has 0 aliphatic heterocycles. The van der Waals surface area contributed by atoms with Crippen molar-refractivity contribution < 1.29 is 8.42 Å². The molecule has 0 saturated carbocycles. The van der Waals surface area contributed by atoms with Crippen LogP contribution in [0.25, 0.3) is 0 Å². The summed E-state index contributed by atoms with van der Waals surface area (Å²) in [5.41, 5.74) is 9.26. The fourth-order valence-electron chi connectivity index (χ4n) is 3.01. The van der Waals surface area contributed by atoms with E-state index in [4.69, 9.17) is 5.73 Å². The number of aromatic nitrogens is 2. The molecule has 0 unspecified atom stereocenters. The molecule has 0 aliphatic rings. The zero-order valence-corrected chi connectivity index (χ0v) is 18.1. The number of nitrogens with zero attached hydrogens (tertiary/aromatic N) is 3. The largest absolute Gasteiger partial charge is 0.393 e. The van der Waals surface area contributed by atoms with Gasteiger partial charge in [0.1, 0.15) is 12.0 Å². The molecule has 0 aliphatic carbocycles. The molecule has 3 aromatic rings. The lowest BCUT2D eigenvalue weighted by Gasteiger charge is -2.18. The van der Waals surface area contributed by atoms with Gasteiger partial charge in [0.25, 0.3) is 0 Å². The molecule has 30 heavy (non-hydrogen) atoms. The van der Waals surface area contributed by atoms with Gasteiger partial charge in [0.05, 0.1) is 4.90 Å². The van der Waals surface area contributed by atoms with Crippen molar-refractivity contribution in [2.75, 3.05) is 29.5 Å². The number of rotatable bonds is 8. The van der Waals surface area contributed by atoms with Crippen LogP contribution in [0.2, 0.25) is 0 Å². The van der Waals surface area contributed by atoms with Crippen molar-refractivity contribution in [3.8, 4) is 0 Å². The monoisotopic (exact) mass is 426 g/mol. The first-order chi connectivity index (χ1) is 14.3. The summed E-state index contributed by atoms with van der Waals surface area (Å²) in [7, 11) is -3.50. The molecule has 0 fully saturated rings. The van der Waals surface area contributed by atoms with Gasteiger partial charge >= 0.3 is 0 Å². The van der Waals surface area contributed by atoms with Gasteiger partial charge in [-0.25, -0.2) is 18.4 Å². The molecule has 8 nitrogen and oxygen atoms in total. The molecule has 9 heteroatoms. The molecule has 0 amide bonds. The van der Waals surface area contributed by atoms with Gasteiger partial charge in [-0.1, -0.05) is 26.0 Å². The third-order valence-corrected chi connectivity index (χ3v) is 6.69.